The Balaban J connectivity index is 2.68. The number of nitrogens with one attached hydrogen (secondary N) is 2. The largest absolute Gasteiger partial charge is 0.481 e. The zero-order valence-corrected chi connectivity index (χ0v) is 15.2. The highest BCUT2D eigenvalue weighted by molar-refractivity contribution is 7.16. The maximum atomic E-state index is 12.2. The Morgan fingerprint density at radius 3 is 2.54 bits per heavy atom. The molecule has 0 spiro atoms. The van der Waals surface area contributed by atoms with Crippen LogP contribution in [-0.4, -0.2) is 42.1 Å². The molecule has 0 radical (unpaired) electrons. The molecule has 0 fully saturated rings. The molecule has 1 unspecified atom stereocenters. The van der Waals surface area contributed by atoms with Crippen molar-refractivity contribution in [1.29, 1.82) is 0 Å². The zero-order valence-electron chi connectivity index (χ0n) is 14.4. The molecule has 0 saturated carbocycles. The van der Waals surface area contributed by atoms with E-state index in [1.807, 2.05) is 13.8 Å². The van der Waals surface area contributed by atoms with Crippen molar-refractivity contribution in [3.63, 3.8) is 0 Å². The van der Waals surface area contributed by atoms with Gasteiger partial charge in [-0.15, -0.1) is 11.3 Å². The molecule has 1 aromatic rings. The molecule has 7 nitrogen and oxygen atoms in total. The molecule has 0 aliphatic rings. The van der Waals surface area contributed by atoms with Crippen LogP contribution in [0.2, 0.25) is 0 Å². The molecule has 1 rings (SSSR count). The Bertz CT molecular complexity index is 612. The van der Waals surface area contributed by atoms with Crippen LogP contribution in [0.25, 0.3) is 0 Å². The van der Waals surface area contributed by atoms with Gasteiger partial charge in [0.2, 0.25) is 5.91 Å². The number of aliphatic carboxylic acids is 1. The third-order valence-electron chi connectivity index (χ3n) is 3.44. The maximum absolute atomic E-state index is 12.2. The van der Waals surface area contributed by atoms with Crippen molar-refractivity contribution in [3.05, 3.63) is 16.0 Å². The monoisotopic (exact) mass is 356 g/mol. The summed E-state index contributed by atoms with van der Waals surface area (Å²) in [6, 6.07) is -0.169. The van der Waals surface area contributed by atoms with Crippen LogP contribution in [0.15, 0.2) is 0 Å². The number of hydrogen-bond acceptors (Lipinski definition) is 6. The van der Waals surface area contributed by atoms with Gasteiger partial charge in [0.05, 0.1) is 18.6 Å². The molecular formula is C16H24N2O5S. The van der Waals surface area contributed by atoms with Crippen molar-refractivity contribution in [2.24, 2.45) is 0 Å². The molecule has 0 aliphatic carbocycles. The van der Waals surface area contributed by atoms with Gasteiger partial charge in [0.1, 0.15) is 5.00 Å². The molecule has 1 aromatic heterocycles. The Kier molecular flexibility index (Phi) is 7.87. The first-order valence-corrected chi connectivity index (χ1v) is 8.60. The maximum Gasteiger partial charge on any atom is 0.341 e. The van der Waals surface area contributed by atoms with Crippen molar-refractivity contribution >= 4 is 34.2 Å². The molecule has 1 atom stereocenters. The smallest absolute Gasteiger partial charge is 0.341 e. The van der Waals surface area contributed by atoms with E-state index in [4.69, 9.17) is 9.84 Å². The first-order valence-electron chi connectivity index (χ1n) is 7.78. The summed E-state index contributed by atoms with van der Waals surface area (Å²) >= 11 is 1.34. The van der Waals surface area contributed by atoms with Crippen molar-refractivity contribution in [3.8, 4) is 0 Å². The molecule has 134 valence electrons. The number of carbonyl (C=O) groups excluding carboxylic acids is 2. The van der Waals surface area contributed by atoms with Gasteiger partial charge in [-0.3, -0.25) is 9.59 Å². The number of aryl methyl sites for hydroxylation is 1. The Labute approximate surface area is 145 Å². The number of thiophene rings is 1. The molecule has 3 N–H and O–H groups in total. The highest BCUT2D eigenvalue weighted by Crippen LogP contribution is 2.33. The van der Waals surface area contributed by atoms with E-state index in [9.17, 15) is 14.4 Å². The van der Waals surface area contributed by atoms with Crippen LogP contribution in [0.5, 0.6) is 0 Å². The number of rotatable bonds is 9. The quantitative estimate of drug-likeness (QED) is 0.587. The standard InChI is InChI=1S/C16H24N2O5S/c1-5-23-16(22)14-10(3)11(4)24-15(14)18-12(19)8-9(2)17-7-6-13(20)21/h9,17H,5-8H2,1-4H3,(H,18,19)(H,20,21). The number of esters is 1. The van der Waals surface area contributed by atoms with Crippen LogP contribution in [-0.2, 0) is 14.3 Å². The summed E-state index contributed by atoms with van der Waals surface area (Å²) < 4.78 is 5.05. The topological polar surface area (TPSA) is 105 Å². The number of carbonyl (C=O) groups is 3. The predicted octanol–water partition coefficient (Wildman–Crippen LogP) is 2.32. The lowest BCUT2D eigenvalue weighted by Crippen LogP contribution is -2.32. The van der Waals surface area contributed by atoms with Crippen LogP contribution < -0.4 is 10.6 Å². The van der Waals surface area contributed by atoms with Crippen LogP contribution in [0.1, 0.15) is 47.5 Å². The van der Waals surface area contributed by atoms with E-state index in [1.165, 1.54) is 11.3 Å². The number of amides is 1. The summed E-state index contributed by atoms with van der Waals surface area (Å²) in [5, 5.41) is 14.8. The molecule has 0 saturated heterocycles. The Morgan fingerprint density at radius 1 is 1.29 bits per heavy atom. The normalized spacial score (nSPS) is 11.8. The Morgan fingerprint density at radius 2 is 1.96 bits per heavy atom. The summed E-state index contributed by atoms with van der Waals surface area (Å²) in [4.78, 5) is 35.7. The fourth-order valence-corrected chi connectivity index (χ4v) is 3.18. The van der Waals surface area contributed by atoms with Crippen LogP contribution in [0.3, 0.4) is 0 Å². The molecule has 1 heterocycles. The molecule has 0 aliphatic heterocycles. The zero-order chi connectivity index (χ0) is 18.3. The van der Waals surface area contributed by atoms with E-state index in [2.05, 4.69) is 10.6 Å². The van der Waals surface area contributed by atoms with Crippen LogP contribution >= 0.6 is 11.3 Å². The second kappa shape index (κ2) is 9.39. The van der Waals surface area contributed by atoms with Gasteiger partial charge >= 0.3 is 11.9 Å². The van der Waals surface area contributed by atoms with Crippen molar-refractivity contribution in [1.82, 2.24) is 5.32 Å². The SMILES string of the molecule is CCOC(=O)c1c(NC(=O)CC(C)NCCC(=O)O)sc(C)c1C. The number of carboxylic acids is 1. The first-order chi connectivity index (χ1) is 11.3. The summed E-state index contributed by atoms with van der Waals surface area (Å²) in [6.07, 6.45) is 0.181. The summed E-state index contributed by atoms with van der Waals surface area (Å²) in [6.45, 7) is 7.81. The number of anilines is 1. The van der Waals surface area contributed by atoms with Gasteiger partial charge in [0.25, 0.3) is 0 Å². The van der Waals surface area contributed by atoms with E-state index in [1.54, 1.807) is 13.8 Å². The van der Waals surface area contributed by atoms with Gasteiger partial charge in [0, 0.05) is 23.9 Å². The average Bonchev–Trinajstić information content (AvgIpc) is 2.73. The van der Waals surface area contributed by atoms with Crippen LogP contribution in [0, 0.1) is 13.8 Å². The van der Waals surface area contributed by atoms with E-state index in [0.29, 0.717) is 17.1 Å². The van der Waals surface area contributed by atoms with E-state index < -0.39 is 11.9 Å². The van der Waals surface area contributed by atoms with E-state index in [-0.39, 0.29) is 31.4 Å². The van der Waals surface area contributed by atoms with E-state index in [0.717, 1.165) is 10.4 Å². The highest BCUT2D eigenvalue weighted by Gasteiger charge is 2.22. The van der Waals surface area contributed by atoms with Gasteiger partial charge in [-0.05, 0) is 33.3 Å². The fourth-order valence-electron chi connectivity index (χ4n) is 2.12. The fraction of sp³-hybridized carbons (Fsp3) is 0.562. The lowest BCUT2D eigenvalue weighted by molar-refractivity contribution is -0.136. The molecule has 24 heavy (non-hydrogen) atoms. The first kappa shape index (κ1) is 20.1. The lowest BCUT2D eigenvalue weighted by Gasteiger charge is -2.13. The number of carboxylic acid groups (broad SMARTS) is 1. The van der Waals surface area contributed by atoms with Crippen LogP contribution in [0.4, 0.5) is 5.00 Å². The number of ether oxygens (including phenoxy) is 1. The summed E-state index contributed by atoms with van der Waals surface area (Å²) in [7, 11) is 0. The minimum Gasteiger partial charge on any atom is -0.481 e. The van der Waals surface area contributed by atoms with Gasteiger partial charge < -0.3 is 20.5 Å². The van der Waals surface area contributed by atoms with Gasteiger partial charge in [-0.2, -0.15) is 0 Å². The average molecular weight is 356 g/mol. The van der Waals surface area contributed by atoms with Gasteiger partial charge in [0.15, 0.2) is 0 Å². The Hall–Kier alpha value is -1.93. The van der Waals surface area contributed by atoms with Gasteiger partial charge in [-0.1, -0.05) is 0 Å². The predicted molar refractivity (Wildman–Crippen MR) is 92.7 cm³/mol. The summed E-state index contributed by atoms with van der Waals surface area (Å²) in [5.41, 5.74) is 1.21. The second-order valence-electron chi connectivity index (χ2n) is 5.46. The van der Waals surface area contributed by atoms with Crippen molar-refractivity contribution in [2.45, 2.75) is 46.6 Å². The van der Waals surface area contributed by atoms with Crippen molar-refractivity contribution < 1.29 is 24.2 Å². The minimum absolute atomic E-state index is 0.00226. The second-order valence-corrected chi connectivity index (χ2v) is 6.68. The molecule has 0 aromatic carbocycles. The molecular weight excluding hydrogens is 332 g/mol. The lowest BCUT2D eigenvalue weighted by atomic mass is 10.1. The number of hydrogen-bond donors (Lipinski definition) is 3. The highest BCUT2D eigenvalue weighted by atomic mass is 32.1. The molecule has 1 amide bonds. The summed E-state index contributed by atoms with van der Waals surface area (Å²) in [5.74, 6) is -1.57. The third kappa shape index (κ3) is 5.93. The minimum atomic E-state index is -0.886. The third-order valence-corrected chi connectivity index (χ3v) is 4.56. The molecule has 8 heteroatoms. The van der Waals surface area contributed by atoms with E-state index >= 15 is 0 Å². The van der Waals surface area contributed by atoms with Gasteiger partial charge in [-0.25, -0.2) is 4.79 Å². The van der Waals surface area contributed by atoms with Crippen molar-refractivity contribution in [2.75, 3.05) is 18.5 Å². The molecule has 0 bridgehead atoms.